The highest BCUT2D eigenvalue weighted by Gasteiger charge is 2.20. The summed E-state index contributed by atoms with van der Waals surface area (Å²) in [4.78, 5) is 3.05. The Morgan fingerprint density at radius 1 is 1.14 bits per heavy atom. The Kier molecular flexibility index (Phi) is 5.75. The van der Waals surface area contributed by atoms with Crippen LogP contribution in [0.4, 0.5) is 0 Å². The molecule has 0 atom stereocenters. The van der Waals surface area contributed by atoms with Crippen molar-refractivity contribution in [3.8, 4) is 0 Å². The largest absolute Gasteiger partial charge is 0.316 e. The average Bonchev–Trinajstić information content (AvgIpc) is 2.48. The van der Waals surface area contributed by atoms with Gasteiger partial charge < -0.3 is 5.32 Å². The van der Waals surface area contributed by atoms with E-state index in [2.05, 4.69) is 17.1 Å². The number of sulfonamides is 1. The summed E-state index contributed by atoms with van der Waals surface area (Å²) in [6.45, 7) is 4.33. The molecule has 0 unspecified atom stereocenters. The summed E-state index contributed by atoms with van der Waals surface area (Å²) in [5, 5.41) is 4.90. The number of nitrogens with one attached hydrogen (secondary N) is 2. The van der Waals surface area contributed by atoms with Crippen LogP contribution in [0, 0.1) is 0 Å². The standard InChI is InChI=1S/C15H25N3O2S/c1-3-13-7-8-15(11-14(13)12-16-2)21(19,20)17-18-9-5-4-6-10-18/h7-8,11,16-17H,3-6,9-10,12H2,1-2H3. The molecule has 0 radical (unpaired) electrons. The number of rotatable bonds is 6. The highest BCUT2D eigenvalue weighted by atomic mass is 32.2. The maximum Gasteiger partial charge on any atom is 0.253 e. The molecule has 1 aliphatic heterocycles. The molecule has 0 bridgehead atoms. The van der Waals surface area contributed by atoms with E-state index >= 15 is 0 Å². The van der Waals surface area contributed by atoms with E-state index in [1.165, 1.54) is 12.0 Å². The van der Waals surface area contributed by atoms with Crippen LogP contribution in [0.2, 0.25) is 0 Å². The molecule has 5 nitrogen and oxygen atoms in total. The van der Waals surface area contributed by atoms with Crippen molar-refractivity contribution in [3.05, 3.63) is 29.3 Å². The lowest BCUT2D eigenvalue weighted by Gasteiger charge is -2.26. The van der Waals surface area contributed by atoms with E-state index in [9.17, 15) is 8.42 Å². The van der Waals surface area contributed by atoms with Crippen molar-refractivity contribution in [1.29, 1.82) is 0 Å². The third kappa shape index (κ3) is 4.26. The summed E-state index contributed by atoms with van der Waals surface area (Å²) in [7, 11) is -1.61. The smallest absolute Gasteiger partial charge is 0.253 e. The Bertz CT molecular complexity index is 566. The van der Waals surface area contributed by atoms with Crippen LogP contribution in [0.5, 0.6) is 0 Å². The van der Waals surface area contributed by atoms with Crippen LogP contribution < -0.4 is 10.1 Å². The molecule has 1 aromatic carbocycles. The first-order chi connectivity index (χ1) is 10.1. The lowest BCUT2D eigenvalue weighted by atomic mass is 10.1. The molecule has 0 spiro atoms. The first kappa shape index (κ1) is 16.4. The van der Waals surface area contributed by atoms with Crippen LogP contribution >= 0.6 is 0 Å². The third-order valence-electron chi connectivity index (χ3n) is 3.84. The molecule has 0 saturated carbocycles. The van der Waals surface area contributed by atoms with Crippen molar-refractivity contribution in [2.24, 2.45) is 0 Å². The van der Waals surface area contributed by atoms with Gasteiger partial charge in [0.15, 0.2) is 0 Å². The topological polar surface area (TPSA) is 61.4 Å². The second kappa shape index (κ2) is 7.35. The molecule has 1 saturated heterocycles. The van der Waals surface area contributed by atoms with Crippen LogP contribution in [0.1, 0.15) is 37.3 Å². The fraction of sp³-hybridized carbons (Fsp3) is 0.600. The molecule has 0 amide bonds. The zero-order valence-corrected chi connectivity index (χ0v) is 13.7. The van der Waals surface area contributed by atoms with Crippen molar-refractivity contribution in [1.82, 2.24) is 15.2 Å². The lowest BCUT2D eigenvalue weighted by molar-refractivity contribution is 0.200. The van der Waals surface area contributed by atoms with Gasteiger partial charge in [-0.05, 0) is 49.6 Å². The summed E-state index contributed by atoms with van der Waals surface area (Å²) in [6.07, 6.45) is 4.16. The molecule has 2 rings (SSSR count). The van der Waals surface area contributed by atoms with Gasteiger partial charge in [-0.3, -0.25) is 0 Å². The summed E-state index contributed by atoms with van der Waals surface area (Å²) >= 11 is 0. The zero-order valence-electron chi connectivity index (χ0n) is 12.9. The maximum atomic E-state index is 12.5. The number of nitrogens with zero attached hydrogens (tertiary/aromatic N) is 1. The van der Waals surface area contributed by atoms with Crippen molar-refractivity contribution >= 4 is 10.0 Å². The Morgan fingerprint density at radius 3 is 2.48 bits per heavy atom. The van der Waals surface area contributed by atoms with Gasteiger partial charge in [0, 0.05) is 19.6 Å². The van der Waals surface area contributed by atoms with Gasteiger partial charge in [0.1, 0.15) is 0 Å². The van der Waals surface area contributed by atoms with Gasteiger partial charge in [0.25, 0.3) is 10.0 Å². The maximum absolute atomic E-state index is 12.5. The Labute approximate surface area is 127 Å². The van der Waals surface area contributed by atoms with Crippen LogP contribution in [0.3, 0.4) is 0 Å². The van der Waals surface area contributed by atoms with Crippen molar-refractivity contribution in [2.45, 2.75) is 44.0 Å². The number of hydrogen-bond donors (Lipinski definition) is 2. The van der Waals surface area contributed by atoms with Crippen LogP contribution in [-0.2, 0) is 23.0 Å². The summed E-state index contributed by atoms with van der Waals surface area (Å²) in [5.41, 5.74) is 2.22. The Hall–Kier alpha value is -0.950. The number of aryl methyl sites for hydroxylation is 1. The van der Waals surface area contributed by atoms with Gasteiger partial charge in [-0.15, -0.1) is 4.83 Å². The number of hydrogen-bond acceptors (Lipinski definition) is 4. The highest BCUT2D eigenvalue weighted by Crippen LogP contribution is 2.18. The highest BCUT2D eigenvalue weighted by molar-refractivity contribution is 7.89. The third-order valence-corrected chi connectivity index (χ3v) is 5.21. The number of benzene rings is 1. The van der Waals surface area contributed by atoms with Gasteiger partial charge >= 0.3 is 0 Å². The summed E-state index contributed by atoms with van der Waals surface area (Å²) in [5.74, 6) is 0. The van der Waals surface area contributed by atoms with E-state index in [1.54, 1.807) is 12.1 Å². The van der Waals surface area contributed by atoms with Gasteiger partial charge in [0.2, 0.25) is 0 Å². The predicted molar refractivity (Wildman–Crippen MR) is 84.3 cm³/mol. The lowest BCUT2D eigenvalue weighted by Crippen LogP contribution is -2.44. The molecule has 1 fully saturated rings. The van der Waals surface area contributed by atoms with Crippen LogP contribution in [0.15, 0.2) is 23.1 Å². The minimum atomic E-state index is -3.48. The molecule has 1 heterocycles. The first-order valence-corrected chi connectivity index (χ1v) is 9.09. The monoisotopic (exact) mass is 311 g/mol. The van der Waals surface area contributed by atoms with Crippen molar-refractivity contribution in [2.75, 3.05) is 20.1 Å². The van der Waals surface area contributed by atoms with E-state index < -0.39 is 10.0 Å². The molecule has 0 aliphatic carbocycles. The molecule has 1 aliphatic rings. The van der Waals surface area contributed by atoms with Gasteiger partial charge in [-0.2, -0.15) is 0 Å². The average molecular weight is 311 g/mol. The minimum Gasteiger partial charge on any atom is -0.316 e. The molecule has 21 heavy (non-hydrogen) atoms. The molecular weight excluding hydrogens is 286 g/mol. The normalized spacial score (nSPS) is 17.0. The zero-order chi connectivity index (χ0) is 15.3. The molecule has 1 aromatic rings. The minimum absolute atomic E-state index is 0.343. The molecule has 6 heteroatoms. The SMILES string of the molecule is CCc1ccc(S(=O)(=O)NN2CCCCC2)cc1CNC. The second-order valence-corrected chi connectivity index (χ2v) is 7.12. The molecule has 2 N–H and O–H groups in total. The number of piperidine rings is 1. The second-order valence-electron chi connectivity index (χ2n) is 5.46. The van der Waals surface area contributed by atoms with Gasteiger partial charge in [0.05, 0.1) is 4.90 Å². The molecular formula is C15H25N3O2S. The Balaban J connectivity index is 2.20. The van der Waals surface area contributed by atoms with E-state index in [1.807, 2.05) is 18.1 Å². The Morgan fingerprint density at radius 2 is 1.86 bits per heavy atom. The summed E-state index contributed by atoms with van der Waals surface area (Å²) in [6, 6.07) is 5.39. The van der Waals surface area contributed by atoms with E-state index in [4.69, 9.17) is 0 Å². The van der Waals surface area contributed by atoms with E-state index in [0.717, 1.165) is 37.9 Å². The fourth-order valence-electron chi connectivity index (χ4n) is 2.68. The van der Waals surface area contributed by atoms with Gasteiger partial charge in [-0.1, -0.05) is 19.4 Å². The van der Waals surface area contributed by atoms with Crippen LogP contribution in [-0.4, -0.2) is 33.6 Å². The number of hydrazine groups is 1. The van der Waals surface area contributed by atoms with E-state index in [-0.39, 0.29) is 0 Å². The quantitative estimate of drug-likeness (QED) is 0.838. The summed E-state index contributed by atoms with van der Waals surface area (Å²) < 4.78 is 25.0. The fourth-order valence-corrected chi connectivity index (χ4v) is 3.85. The molecule has 0 aromatic heterocycles. The van der Waals surface area contributed by atoms with Gasteiger partial charge in [-0.25, -0.2) is 13.4 Å². The van der Waals surface area contributed by atoms with Crippen molar-refractivity contribution in [3.63, 3.8) is 0 Å². The van der Waals surface area contributed by atoms with E-state index in [0.29, 0.717) is 11.4 Å². The molecule has 118 valence electrons. The first-order valence-electron chi connectivity index (χ1n) is 7.60. The van der Waals surface area contributed by atoms with Crippen molar-refractivity contribution < 1.29 is 8.42 Å². The van der Waals surface area contributed by atoms with Crippen LogP contribution in [0.25, 0.3) is 0 Å². The predicted octanol–water partition coefficient (Wildman–Crippen LogP) is 1.65.